The molecule has 1 aliphatic rings. The Bertz CT molecular complexity index is 1320. The van der Waals surface area contributed by atoms with Gasteiger partial charge in [-0.2, -0.15) is 0 Å². The lowest BCUT2D eigenvalue weighted by molar-refractivity contribution is -0.166. The zero-order chi connectivity index (χ0) is 29.8. The molecule has 0 N–H and O–H groups in total. The maximum Gasteiger partial charge on any atom is 0.340 e. The second-order valence-electron chi connectivity index (χ2n) is 12.6. The smallest absolute Gasteiger partial charge is 0.340 e. The van der Waals surface area contributed by atoms with Crippen molar-refractivity contribution in [2.45, 2.75) is 86.5 Å². The fraction of sp³-hybridized carbons (Fsp3) is 0.500. The summed E-state index contributed by atoms with van der Waals surface area (Å²) in [5.74, 6) is 0.394. The van der Waals surface area contributed by atoms with Gasteiger partial charge in [-0.25, -0.2) is 4.79 Å². The topological polar surface area (TPSA) is 73.8 Å². The first kappa shape index (κ1) is 30.5. The number of hydrogen-bond donors (Lipinski definition) is 0. The molecule has 220 valence electrons. The van der Waals surface area contributed by atoms with Gasteiger partial charge in [0.15, 0.2) is 6.10 Å². The summed E-state index contributed by atoms with van der Waals surface area (Å²) in [5.41, 5.74) is 6.29. The van der Waals surface area contributed by atoms with E-state index in [0.717, 1.165) is 71.0 Å². The standard InChI is InChI=1S/C34H45N3O4/c1-9-39-32(38)31(41-33(4,5)6)29-24(3)36-23(2)28(30(29)37-20-16-34(7,8)17-21-37)26-10-12-27(13-11-26)40-22-25-14-18-35-19-15-25/h10-15,18-19,31H,9,16-17,20-22H2,1-8H3/t31-/m0/s1. The highest BCUT2D eigenvalue weighted by molar-refractivity contribution is 5.88. The van der Waals surface area contributed by atoms with E-state index in [4.69, 9.17) is 19.2 Å². The minimum absolute atomic E-state index is 0.268. The summed E-state index contributed by atoms with van der Waals surface area (Å²) >= 11 is 0. The quantitative estimate of drug-likeness (QED) is 0.253. The van der Waals surface area contributed by atoms with Gasteiger partial charge in [-0.3, -0.25) is 9.97 Å². The van der Waals surface area contributed by atoms with Crippen LogP contribution in [-0.2, 0) is 20.9 Å². The van der Waals surface area contributed by atoms with Crippen molar-refractivity contribution >= 4 is 11.7 Å². The largest absolute Gasteiger partial charge is 0.489 e. The number of esters is 1. The van der Waals surface area contributed by atoms with Gasteiger partial charge >= 0.3 is 5.97 Å². The molecule has 0 bridgehead atoms. The van der Waals surface area contributed by atoms with Gasteiger partial charge in [-0.15, -0.1) is 0 Å². The molecule has 1 fully saturated rings. The molecule has 0 spiro atoms. The number of piperidine rings is 1. The van der Waals surface area contributed by atoms with E-state index >= 15 is 0 Å². The number of hydrogen-bond acceptors (Lipinski definition) is 7. The monoisotopic (exact) mass is 559 g/mol. The molecule has 0 saturated carbocycles. The molecule has 7 nitrogen and oxygen atoms in total. The fourth-order valence-electron chi connectivity index (χ4n) is 5.33. The first-order chi connectivity index (χ1) is 19.4. The third-order valence-corrected chi connectivity index (χ3v) is 7.54. The zero-order valence-electron chi connectivity index (χ0n) is 25.9. The van der Waals surface area contributed by atoms with Gasteiger partial charge in [0.05, 0.1) is 17.9 Å². The van der Waals surface area contributed by atoms with Crippen molar-refractivity contribution in [3.63, 3.8) is 0 Å². The van der Waals surface area contributed by atoms with Crippen molar-refractivity contribution in [1.82, 2.24) is 9.97 Å². The van der Waals surface area contributed by atoms with Crippen molar-refractivity contribution in [1.29, 1.82) is 0 Å². The van der Waals surface area contributed by atoms with E-state index < -0.39 is 11.7 Å². The Labute approximate surface area is 245 Å². The molecular weight excluding hydrogens is 514 g/mol. The Morgan fingerprint density at radius 1 is 1.00 bits per heavy atom. The van der Waals surface area contributed by atoms with Gasteiger partial charge in [-0.1, -0.05) is 26.0 Å². The summed E-state index contributed by atoms with van der Waals surface area (Å²) in [6, 6.07) is 12.0. The summed E-state index contributed by atoms with van der Waals surface area (Å²) in [7, 11) is 0. The molecule has 1 atom stereocenters. The molecule has 0 aliphatic carbocycles. The molecule has 0 amide bonds. The Kier molecular flexibility index (Phi) is 9.37. The SMILES string of the molecule is CCOC(=O)[C@@H](OC(C)(C)C)c1c(C)nc(C)c(-c2ccc(OCc3ccncc3)cc2)c1N1CCC(C)(C)CC1. The van der Waals surface area contributed by atoms with Crippen molar-refractivity contribution in [2.75, 3.05) is 24.6 Å². The first-order valence-corrected chi connectivity index (χ1v) is 14.6. The van der Waals surface area contributed by atoms with Gasteiger partial charge in [0.2, 0.25) is 0 Å². The van der Waals surface area contributed by atoms with Crippen molar-refractivity contribution in [2.24, 2.45) is 5.41 Å². The number of pyridine rings is 2. The molecule has 7 heteroatoms. The normalized spacial score (nSPS) is 15.9. The predicted octanol–water partition coefficient (Wildman–Crippen LogP) is 7.39. The Morgan fingerprint density at radius 2 is 1.63 bits per heavy atom. The predicted molar refractivity (Wildman–Crippen MR) is 163 cm³/mol. The highest BCUT2D eigenvalue weighted by atomic mass is 16.6. The van der Waals surface area contributed by atoms with Gasteiger partial charge in [0.1, 0.15) is 12.4 Å². The van der Waals surface area contributed by atoms with E-state index in [0.29, 0.717) is 6.61 Å². The Morgan fingerprint density at radius 3 is 2.22 bits per heavy atom. The average Bonchev–Trinajstić information content (AvgIpc) is 2.91. The molecule has 41 heavy (non-hydrogen) atoms. The fourth-order valence-corrected chi connectivity index (χ4v) is 5.33. The third kappa shape index (κ3) is 7.64. The van der Waals surface area contributed by atoms with Gasteiger partial charge in [-0.05, 0) is 95.2 Å². The molecule has 3 aromatic rings. The van der Waals surface area contributed by atoms with Crippen LogP contribution in [0.15, 0.2) is 48.8 Å². The molecule has 4 rings (SSSR count). The van der Waals surface area contributed by atoms with Crippen molar-refractivity contribution < 1.29 is 19.0 Å². The lowest BCUT2D eigenvalue weighted by Crippen LogP contribution is -2.39. The third-order valence-electron chi connectivity index (χ3n) is 7.54. The number of rotatable bonds is 9. The minimum atomic E-state index is -0.894. The molecule has 0 unspecified atom stereocenters. The van der Waals surface area contributed by atoms with E-state index in [1.807, 2.05) is 65.8 Å². The second-order valence-corrected chi connectivity index (χ2v) is 12.6. The van der Waals surface area contributed by atoms with Crippen LogP contribution < -0.4 is 9.64 Å². The number of carbonyl (C=O) groups excluding carboxylic acids is 1. The number of ether oxygens (including phenoxy) is 3. The summed E-state index contributed by atoms with van der Waals surface area (Å²) < 4.78 is 18.1. The van der Waals surface area contributed by atoms with E-state index in [1.165, 1.54) is 0 Å². The summed E-state index contributed by atoms with van der Waals surface area (Å²) in [6.45, 7) is 18.9. The molecule has 0 radical (unpaired) electrons. The van der Waals surface area contributed by atoms with E-state index in [2.05, 4.69) is 35.9 Å². The van der Waals surface area contributed by atoms with E-state index in [1.54, 1.807) is 12.4 Å². The summed E-state index contributed by atoms with van der Waals surface area (Å²) in [4.78, 5) is 24.9. The highest BCUT2D eigenvalue weighted by Crippen LogP contribution is 2.45. The zero-order valence-corrected chi connectivity index (χ0v) is 25.9. The molecule has 2 aromatic heterocycles. The van der Waals surface area contributed by atoms with Gasteiger partial charge in [0, 0.05) is 48.0 Å². The summed E-state index contributed by atoms with van der Waals surface area (Å²) in [5, 5.41) is 0. The van der Waals surface area contributed by atoms with Crippen LogP contribution >= 0.6 is 0 Å². The van der Waals surface area contributed by atoms with Crippen LogP contribution in [0.5, 0.6) is 5.75 Å². The van der Waals surface area contributed by atoms with Crippen molar-refractivity contribution in [3.8, 4) is 16.9 Å². The van der Waals surface area contributed by atoms with Crippen LogP contribution in [0.4, 0.5) is 5.69 Å². The van der Waals surface area contributed by atoms with Crippen LogP contribution in [0, 0.1) is 19.3 Å². The average molecular weight is 560 g/mol. The van der Waals surface area contributed by atoms with Crippen molar-refractivity contribution in [3.05, 3.63) is 71.3 Å². The van der Waals surface area contributed by atoms with Gasteiger partial charge in [0.25, 0.3) is 0 Å². The maximum absolute atomic E-state index is 13.5. The van der Waals surface area contributed by atoms with E-state index in [-0.39, 0.29) is 18.0 Å². The maximum atomic E-state index is 13.5. The minimum Gasteiger partial charge on any atom is -0.489 e. The second kappa shape index (κ2) is 12.6. The van der Waals surface area contributed by atoms with E-state index in [9.17, 15) is 4.79 Å². The van der Waals surface area contributed by atoms with Crippen LogP contribution in [0.1, 0.15) is 83.0 Å². The number of aromatic nitrogens is 2. The van der Waals surface area contributed by atoms with Crippen LogP contribution in [0.2, 0.25) is 0 Å². The first-order valence-electron chi connectivity index (χ1n) is 14.6. The molecular formula is C34H45N3O4. The molecule has 1 aromatic carbocycles. The van der Waals surface area contributed by atoms with Crippen LogP contribution in [0.25, 0.3) is 11.1 Å². The number of aryl methyl sites for hydroxylation is 2. The lowest BCUT2D eigenvalue weighted by Gasteiger charge is -2.41. The molecule has 3 heterocycles. The molecule has 1 aliphatic heterocycles. The Hall–Kier alpha value is -3.45. The Balaban J connectivity index is 1.82. The number of carbonyl (C=O) groups is 1. The molecule has 1 saturated heterocycles. The number of benzene rings is 1. The highest BCUT2D eigenvalue weighted by Gasteiger charge is 2.37. The lowest BCUT2D eigenvalue weighted by atomic mass is 9.82. The van der Waals surface area contributed by atoms with Crippen LogP contribution in [-0.4, -0.2) is 41.2 Å². The van der Waals surface area contributed by atoms with Gasteiger partial charge < -0.3 is 19.1 Å². The number of nitrogens with zero attached hydrogens (tertiary/aromatic N) is 3. The number of anilines is 1. The van der Waals surface area contributed by atoms with Crippen LogP contribution in [0.3, 0.4) is 0 Å². The summed E-state index contributed by atoms with van der Waals surface area (Å²) in [6.07, 6.45) is 4.75.